The molecule has 0 N–H and O–H groups in total. The Bertz CT molecular complexity index is 1290. The zero-order chi connectivity index (χ0) is 21.4. The number of ether oxygens (including phenoxy) is 1. The van der Waals surface area contributed by atoms with Gasteiger partial charge >= 0.3 is 5.97 Å². The van der Waals surface area contributed by atoms with Crippen molar-refractivity contribution in [1.29, 1.82) is 0 Å². The van der Waals surface area contributed by atoms with Crippen LogP contribution in [0.5, 0.6) is 0 Å². The lowest BCUT2D eigenvalue weighted by molar-refractivity contribution is -0.136. The molecule has 0 fully saturated rings. The lowest BCUT2D eigenvalue weighted by Gasteiger charge is -2.24. The van der Waals surface area contributed by atoms with Gasteiger partial charge in [-0.1, -0.05) is 55.5 Å². The van der Waals surface area contributed by atoms with Gasteiger partial charge in [-0.25, -0.2) is 9.79 Å². The molecule has 0 spiro atoms. The highest BCUT2D eigenvalue weighted by Gasteiger charge is 2.33. The van der Waals surface area contributed by atoms with Crippen LogP contribution in [0, 0.1) is 0 Å². The van der Waals surface area contributed by atoms with Crippen LogP contribution in [0.4, 0.5) is 0 Å². The number of hydrogen-bond donors (Lipinski definition) is 0. The lowest BCUT2D eigenvalue weighted by atomic mass is 9.93. The molecule has 0 aliphatic carbocycles. The average molecular weight is 439 g/mol. The standard InChI is InChI=1S/C23H22N2O3S2/c1-13(2)15-7-9-16(10-8-15)20-19(22(27)28-4)14(3)24-23-25(20)21(26)18(30-23)12-17-6-5-11-29-17/h5-13,20H,1-4H3/b18-12+/t20-/m1/s1. The summed E-state index contributed by atoms with van der Waals surface area (Å²) in [5.74, 6) is -0.0779. The third-order valence-corrected chi connectivity index (χ3v) is 6.96. The number of thiophene rings is 1. The summed E-state index contributed by atoms with van der Waals surface area (Å²) in [4.78, 5) is 32.2. The monoisotopic (exact) mass is 438 g/mol. The summed E-state index contributed by atoms with van der Waals surface area (Å²) >= 11 is 2.91. The van der Waals surface area contributed by atoms with Crippen LogP contribution in [0.25, 0.3) is 6.08 Å². The van der Waals surface area contributed by atoms with Crippen LogP contribution < -0.4 is 14.9 Å². The molecule has 30 heavy (non-hydrogen) atoms. The molecule has 0 saturated heterocycles. The number of esters is 1. The zero-order valence-corrected chi connectivity index (χ0v) is 18.8. The van der Waals surface area contributed by atoms with E-state index in [0.717, 1.165) is 10.4 Å². The summed E-state index contributed by atoms with van der Waals surface area (Å²) in [6, 6.07) is 11.4. The molecule has 1 aromatic carbocycles. The van der Waals surface area contributed by atoms with Gasteiger partial charge in [0.25, 0.3) is 5.56 Å². The summed E-state index contributed by atoms with van der Waals surface area (Å²) in [5.41, 5.74) is 2.87. The number of carbonyl (C=O) groups is 1. The Morgan fingerprint density at radius 3 is 2.57 bits per heavy atom. The normalized spacial score (nSPS) is 16.6. The molecule has 0 amide bonds. The third-order valence-electron chi connectivity index (χ3n) is 5.16. The smallest absolute Gasteiger partial charge is 0.338 e. The van der Waals surface area contributed by atoms with E-state index in [1.807, 2.05) is 47.9 Å². The molecular formula is C23H22N2O3S2. The molecule has 154 valence electrons. The van der Waals surface area contributed by atoms with Gasteiger partial charge in [-0.2, -0.15) is 0 Å². The SMILES string of the molecule is COC(=O)C1=C(C)N=c2s/c(=C/c3cccs3)c(=O)n2[C@@H]1c1ccc(C(C)C)cc1. The molecule has 2 aromatic heterocycles. The van der Waals surface area contributed by atoms with Crippen LogP contribution in [-0.4, -0.2) is 17.6 Å². The van der Waals surface area contributed by atoms with Crippen LogP contribution >= 0.6 is 22.7 Å². The highest BCUT2D eigenvalue weighted by molar-refractivity contribution is 7.11. The predicted molar refractivity (Wildman–Crippen MR) is 121 cm³/mol. The quantitative estimate of drug-likeness (QED) is 0.585. The highest BCUT2D eigenvalue weighted by Crippen LogP contribution is 2.31. The fraction of sp³-hybridized carbons (Fsp3) is 0.261. The first-order valence-electron chi connectivity index (χ1n) is 9.65. The Kier molecular flexibility index (Phi) is 5.58. The Balaban J connectivity index is 1.95. The number of nitrogens with zero attached hydrogens (tertiary/aromatic N) is 2. The van der Waals surface area contributed by atoms with E-state index >= 15 is 0 Å². The van der Waals surface area contributed by atoms with Crippen molar-refractivity contribution in [3.63, 3.8) is 0 Å². The fourth-order valence-corrected chi connectivity index (χ4v) is 5.34. The Labute approximate surface area is 182 Å². The van der Waals surface area contributed by atoms with Gasteiger partial charge in [-0.05, 0) is 41.5 Å². The number of carbonyl (C=O) groups excluding carboxylic acids is 1. The van der Waals surface area contributed by atoms with E-state index in [9.17, 15) is 9.59 Å². The maximum atomic E-state index is 13.4. The van der Waals surface area contributed by atoms with Gasteiger partial charge in [0.05, 0.1) is 29.0 Å². The fourth-order valence-electron chi connectivity index (χ4n) is 3.57. The molecule has 3 aromatic rings. The minimum absolute atomic E-state index is 0.154. The van der Waals surface area contributed by atoms with Crippen molar-refractivity contribution in [2.75, 3.05) is 7.11 Å². The first kappa shape index (κ1) is 20.5. The van der Waals surface area contributed by atoms with Crippen LogP contribution in [0.3, 0.4) is 0 Å². The molecule has 1 atom stereocenters. The molecule has 4 rings (SSSR count). The van der Waals surface area contributed by atoms with Gasteiger partial charge in [0.1, 0.15) is 0 Å². The number of fused-ring (bicyclic) bond motifs is 1. The second-order valence-corrected chi connectivity index (χ2v) is 9.40. The van der Waals surface area contributed by atoms with E-state index in [1.54, 1.807) is 22.8 Å². The summed E-state index contributed by atoms with van der Waals surface area (Å²) < 4.78 is 7.26. The number of benzene rings is 1. The van der Waals surface area contributed by atoms with E-state index in [4.69, 9.17) is 4.74 Å². The molecule has 1 aliphatic rings. The maximum absolute atomic E-state index is 13.4. The third kappa shape index (κ3) is 3.59. The molecule has 1 aliphatic heterocycles. The molecular weight excluding hydrogens is 416 g/mol. The van der Waals surface area contributed by atoms with Gasteiger partial charge < -0.3 is 4.74 Å². The molecule has 5 nitrogen and oxygen atoms in total. The number of rotatable bonds is 4. The van der Waals surface area contributed by atoms with Gasteiger partial charge in [-0.3, -0.25) is 9.36 Å². The minimum Gasteiger partial charge on any atom is -0.466 e. The molecule has 7 heteroatoms. The van der Waals surface area contributed by atoms with Gasteiger partial charge in [-0.15, -0.1) is 11.3 Å². The predicted octanol–water partition coefficient (Wildman–Crippen LogP) is 3.59. The second kappa shape index (κ2) is 8.16. The average Bonchev–Trinajstić information content (AvgIpc) is 3.35. The molecule has 0 bridgehead atoms. The first-order valence-corrected chi connectivity index (χ1v) is 11.3. The molecule has 0 radical (unpaired) electrons. The van der Waals surface area contributed by atoms with Crippen molar-refractivity contribution >= 4 is 34.7 Å². The van der Waals surface area contributed by atoms with Crippen LogP contribution in [0.2, 0.25) is 0 Å². The summed E-state index contributed by atoms with van der Waals surface area (Å²) in [6.07, 6.45) is 1.88. The largest absolute Gasteiger partial charge is 0.466 e. The topological polar surface area (TPSA) is 60.7 Å². The maximum Gasteiger partial charge on any atom is 0.338 e. The van der Waals surface area contributed by atoms with Crippen molar-refractivity contribution < 1.29 is 9.53 Å². The lowest BCUT2D eigenvalue weighted by Crippen LogP contribution is -2.39. The van der Waals surface area contributed by atoms with Crippen molar-refractivity contribution in [3.05, 3.63) is 88.7 Å². The van der Waals surface area contributed by atoms with Crippen LogP contribution in [-0.2, 0) is 9.53 Å². The first-order chi connectivity index (χ1) is 14.4. The summed E-state index contributed by atoms with van der Waals surface area (Å²) in [5, 5.41) is 1.97. The second-order valence-electron chi connectivity index (χ2n) is 7.41. The number of aromatic nitrogens is 1. The van der Waals surface area contributed by atoms with Gasteiger partial charge in [0.15, 0.2) is 4.80 Å². The van der Waals surface area contributed by atoms with E-state index in [0.29, 0.717) is 26.5 Å². The number of allylic oxidation sites excluding steroid dienone is 1. The zero-order valence-electron chi connectivity index (χ0n) is 17.2. The van der Waals surface area contributed by atoms with Crippen molar-refractivity contribution in [3.8, 4) is 0 Å². The molecule has 3 heterocycles. The van der Waals surface area contributed by atoms with Crippen molar-refractivity contribution in [2.24, 2.45) is 4.99 Å². The molecule has 0 unspecified atom stereocenters. The van der Waals surface area contributed by atoms with Crippen LogP contribution in [0.1, 0.15) is 48.7 Å². The minimum atomic E-state index is -0.569. The van der Waals surface area contributed by atoms with Crippen molar-refractivity contribution in [2.45, 2.75) is 32.7 Å². The highest BCUT2D eigenvalue weighted by atomic mass is 32.1. The van der Waals surface area contributed by atoms with E-state index in [2.05, 4.69) is 18.8 Å². The summed E-state index contributed by atoms with van der Waals surface area (Å²) in [7, 11) is 1.35. The Morgan fingerprint density at radius 2 is 1.97 bits per heavy atom. The number of hydrogen-bond acceptors (Lipinski definition) is 6. The summed E-state index contributed by atoms with van der Waals surface area (Å²) in [6.45, 7) is 6.05. The van der Waals surface area contributed by atoms with E-state index in [1.165, 1.54) is 24.0 Å². The Morgan fingerprint density at radius 1 is 1.23 bits per heavy atom. The van der Waals surface area contributed by atoms with E-state index < -0.39 is 12.0 Å². The molecule has 0 saturated carbocycles. The Hall–Kier alpha value is -2.77. The van der Waals surface area contributed by atoms with Gasteiger partial charge in [0, 0.05) is 4.88 Å². The van der Waals surface area contributed by atoms with E-state index in [-0.39, 0.29) is 5.56 Å². The van der Waals surface area contributed by atoms with Crippen molar-refractivity contribution in [1.82, 2.24) is 4.57 Å². The number of thiazole rings is 1. The van der Waals surface area contributed by atoms with Crippen LogP contribution in [0.15, 0.2) is 62.8 Å². The number of methoxy groups -OCH3 is 1. The van der Waals surface area contributed by atoms with Gasteiger partial charge in [0.2, 0.25) is 0 Å².